The van der Waals surface area contributed by atoms with Gasteiger partial charge in [0.2, 0.25) is 0 Å². The van der Waals surface area contributed by atoms with Gasteiger partial charge in [-0.15, -0.1) is 11.8 Å². The molecule has 0 saturated carbocycles. The molecule has 0 fully saturated rings. The largest absolute Gasteiger partial charge is 0.360 e. The van der Waals surface area contributed by atoms with Gasteiger partial charge in [-0.2, -0.15) is 0 Å². The summed E-state index contributed by atoms with van der Waals surface area (Å²) in [5.41, 5.74) is 3.66. The molecule has 0 spiro atoms. The van der Waals surface area contributed by atoms with Crippen molar-refractivity contribution in [2.45, 2.75) is 36.8 Å². The fourth-order valence-electron chi connectivity index (χ4n) is 1.77. The molecule has 5 nitrogen and oxygen atoms in total. The van der Waals surface area contributed by atoms with Crippen LogP contribution in [0.3, 0.4) is 0 Å². The third-order valence-corrected chi connectivity index (χ3v) is 4.06. The van der Waals surface area contributed by atoms with Gasteiger partial charge >= 0.3 is 0 Å². The Morgan fingerprint density at radius 1 is 1.33 bits per heavy atom. The van der Waals surface area contributed by atoms with Gasteiger partial charge in [-0.05, 0) is 23.1 Å². The summed E-state index contributed by atoms with van der Waals surface area (Å²) < 4.78 is 5.10. The number of carbonyl (C=O) groups excluding carboxylic acids is 1. The summed E-state index contributed by atoms with van der Waals surface area (Å²) in [6.45, 7) is 6.56. The Kier molecular flexibility index (Phi) is 4.69. The fourth-order valence-corrected chi connectivity index (χ4v) is 2.54. The van der Waals surface area contributed by atoms with Crippen LogP contribution in [0.15, 0.2) is 39.8 Å². The van der Waals surface area contributed by atoms with E-state index < -0.39 is 5.91 Å². The van der Waals surface area contributed by atoms with E-state index in [4.69, 9.17) is 10.4 Å². The Labute approximate surface area is 128 Å². The number of aromatic nitrogens is 1. The second kappa shape index (κ2) is 6.32. The Balaban J connectivity index is 1.97. The zero-order chi connectivity index (χ0) is 15.5. The molecule has 1 heterocycles. The van der Waals surface area contributed by atoms with Gasteiger partial charge in [0.25, 0.3) is 5.91 Å². The van der Waals surface area contributed by atoms with Gasteiger partial charge in [0.05, 0.1) is 5.75 Å². The van der Waals surface area contributed by atoms with Gasteiger partial charge in [-0.25, -0.2) is 5.84 Å². The first-order chi connectivity index (χ1) is 9.90. The van der Waals surface area contributed by atoms with Crippen molar-refractivity contribution in [1.29, 1.82) is 0 Å². The smallest absolute Gasteiger partial charge is 0.287 e. The summed E-state index contributed by atoms with van der Waals surface area (Å²) in [5, 5.41) is 3.67. The molecular formula is C15H19N3O2S. The van der Waals surface area contributed by atoms with Gasteiger partial charge in [-0.3, -0.25) is 10.2 Å². The summed E-state index contributed by atoms with van der Waals surface area (Å²) in [4.78, 5) is 12.4. The first-order valence-electron chi connectivity index (χ1n) is 6.60. The average molecular weight is 305 g/mol. The molecule has 6 heteroatoms. The van der Waals surface area contributed by atoms with E-state index >= 15 is 0 Å². The minimum absolute atomic E-state index is 0.151. The van der Waals surface area contributed by atoms with E-state index in [-0.39, 0.29) is 11.1 Å². The molecule has 0 bridgehead atoms. The van der Waals surface area contributed by atoms with Crippen molar-refractivity contribution in [3.63, 3.8) is 0 Å². The number of thioether (sulfide) groups is 1. The number of carbonyl (C=O) groups is 1. The maximum Gasteiger partial charge on any atom is 0.287 e. The van der Waals surface area contributed by atoms with Gasteiger partial charge < -0.3 is 4.52 Å². The number of hydrogen-bond acceptors (Lipinski definition) is 5. The first-order valence-corrected chi connectivity index (χ1v) is 7.58. The van der Waals surface area contributed by atoms with Crippen molar-refractivity contribution >= 4 is 17.7 Å². The van der Waals surface area contributed by atoms with Crippen LogP contribution in [0.1, 0.15) is 42.6 Å². The molecule has 0 radical (unpaired) electrons. The molecule has 21 heavy (non-hydrogen) atoms. The highest BCUT2D eigenvalue weighted by Crippen LogP contribution is 2.27. The highest BCUT2D eigenvalue weighted by atomic mass is 32.2. The summed E-state index contributed by atoms with van der Waals surface area (Å²) in [5.74, 6) is 5.84. The van der Waals surface area contributed by atoms with E-state index in [2.05, 4.69) is 50.2 Å². The number of nitrogens with zero attached hydrogens (tertiary/aromatic N) is 1. The van der Waals surface area contributed by atoms with Crippen LogP contribution < -0.4 is 11.3 Å². The van der Waals surface area contributed by atoms with E-state index in [1.54, 1.807) is 17.8 Å². The van der Waals surface area contributed by atoms with Gasteiger partial charge in [0, 0.05) is 11.0 Å². The Morgan fingerprint density at radius 3 is 2.57 bits per heavy atom. The molecule has 3 N–H and O–H groups in total. The molecule has 2 rings (SSSR count). The first kappa shape index (κ1) is 15.6. The molecule has 0 aliphatic heterocycles. The van der Waals surface area contributed by atoms with Gasteiger partial charge in [0.1, 0.15) is 5.76 Å². The van der Waals surface area contributed by atoms with E-state index in [9.17, 15) is 4.79 Å². The van der Waals surface area contributed by atoms with Crippen LogP contribution >= 0.6 is 11.8 Å². The van der Waals surface area contributed by atoms with Crippen LogP contribution in [0, 0.1) is 0 Å². The number of hydrogen-bond donors (Lipinski definition) is 2. The minimum atomic E-state index is -0.454. The van der Waals surface area contributed by atoms with Crippen molar-refractivity contribution in [3.8, 4) is 0 Å². The molecule has 0 unspecified atom stereocenters. The quantitative estimate of drug-likeness (QED) is 0.393. The third kappa shape index (κ3) is 4.09. The molecule has 0 saturated heterocycles. The van der Waals surface area contributed by atoms with E-state index in [1.165, 1.54) is 5.56 Å². The predicted molar refractivity (Wildman–Crippen MR) is 82.9 cm³/mol. The lowest BCUT2D eigenvalue weighted by molar-refractivity contribution is 0.0944. The SMILES string of the molecule is CC(C)(C)c1ccc(SCc2cc(C(=O)NN)no2)cc1. The number of hydrazine groups is 1. The lowest BCUT2D eigenvalue weighted by Gasteiger charge is -2.18. The second-order valence-corrected chi connectivity index (χ2v) is 6.76. The standard InChI is InChI=1S/C15H19N3O2S/c1-15(2,3)10-4-6-12(7-5-10)21-9-11-8-13(18-20-11)14(19)17-16/h4-8H,9,16H2,1-3H3,(H,17,19). The number of nitrogens with one attached hydrogen (secondary N) is 1. The van der Waals surface area contributed by atoms with Crippen molar-refractivity contribution < 1.29 is 9.32 Å². The highest BCUT2D eigenvalue weighted by Gasteiger charge is 2.14. The molecule has 1 amide bonds. The van der Waals surface area contributed by atoms with Crippen LogP contribution in [0.4, 0.5) is 0 Å². The average Bonchev–Trinajstić information content (AvgIpc) is 2.92. The Morgan fingerprint density at radius 2 is 2.00 bits per heavy atom. The second-order valence-electron chi connectivity index (χ2n) is 5.71. The monoisotopic (exact) mass is 305 g/mol. The van der Waals surface area contributed by atoms with Crippen molar-refractivity contribution in [3.05, 3.63) is 47.3 Å². The normalized spacial score (nSPS) is 11.4. The number of nitrogen functional groups attached to an aromatic ring is 1. The lowest BCUT2D eigenvalue weighted by atomic mass is 9.87. The number of benzene rings is 1. The zero-order valence-corrected chi connectivity index (χ0v) is 13.2. The Bertz CT molecular complexity index is 615. The summed E-state index contributed by atoms with van der Waals surface area (Å²) in [6.07, 6.45) is 0. The van der Waals surface area contributed by atoms with Crippen molar-refractivity contribution in [2.24, 2.45) is 5.84 Å². The summed E-state index contributed by atoms with van der Waals surface area (Å²) >= 11 is 1.63. The van der Waals surface area contributed by atoms with E-state index in [0.29, 0.717) is 11.5 Å². The summed E-state index contributed by atoms with van der Waals surface area (Å²) in [6, 6.07) is 10.1. The van der Waals surface area contributed by atoms with Crippen LogP contribution in [0.5, 0.6) is 0 Å². The highest BCUT2D eigenvalue weighted by molar-refractivity contribution is 7.98. The topological polar surface area (TPSA) is 81.2 Å². The predicted octanol–water partition coefficient (Wildman–Crippen LogP) is 2.87. The van der Waals surface area contributed by atoms with Crippen LogP contribution in [-0.4, -0.2) is 11.1 Å². The van der Waals surface area contributed by atoms with Gasteiger partial charge in [-0.1, -0.05) is 38.1 Å². The molecule has 0 atom stereocenters. The molecule has 1 aromatic carbocycles. The molecule has 0 aliphatic rings. The minimum Gasteiger partial charge on any atom is -0.360 e. The molecule has 1 aromatic heterocycles. The molecular weight excluding hydrogens is 286 g/mol. The van der Waals surface area contributed by atoms with Crippen LogP contribution in [0.2, 0.25) is 0 Å². The molecule has 0 aliphatic carbocycles. The zero-order valence-electron chi connectivity index (χ0n) is 12.3. The molecule has 112 valence electrons. The third-order valence-electron chi connectivity index (χ3n) is 3.02. The maximum atomic E-state index is 11.3. The fraction of sp³-hybridized carbons (Fsp3) is 0.333. The van der Waals surface area contributed by atoms with E-state index in [0.717, 1.165) is 4.90 Å². The lowest BCUT2D eigenvalue weighted by Crippen LogP contribution is -2.30. The van der Waals surface area contributed by atoms with Crippen LogP contribution in [0.25, 0.3) is 0 Å². The Hall–Kier alpha value is -1.79. The summed E-state index contributed by atoms with van der Waals surface area (Å²) in [7, 11) is 0. The number of rotatable bonds is 4. The number of nitrogens with two attached hydrogens (primary N) is 1. The van der Waals surface area contributed by atoms with E-state index in [1.807, 2.05) is 5.43 Å². The van der Waals surface area contributed by atoms with Crippen molar-refractivity contribution in [2.75, 3.05) is 0 Å². The van der Waals surface area contributed by atoms with Crippen LogP contribution in [-0.2, 0) is 11.2 Å². The molecule has 2 aromatic rings. The van der Waals surface area contributed by atoms with Gasteiger partial charge in [0.15, 0.2) is 5.69 Å². The van der Waals surface area contributed by atoms with Crippen molar-refractivity contribution in [1.82, 2.24) is 10.6 Å². The number of amides is 1. The maximum absolute atomic E-state index is 11.3.